The van der Waals surface area contributed by atoms with E-state index < -0.39 is 32.9 Å². The van der Waals surface area contributed by atoms with Crippen molar-refractivity contribution < 1.29 is 66.5 Å². The molecular formula is C76H73N5O13S+2. The number of nitrogens with one attached hydrogen (secondary N) is 1. The first-order chi connectivity index (χ1) is 45.3. The maximum atomic E-state index is 13.8. The summed E-state index contributed by atoms with van der Waals surface area (Å²) in [5.41, 5.74) is 13.0. The third-order valence-corrected chi connectivity index (χ3v) is 18.8. The van der Waals surface area contributed by atoms with Gasteiger partial charge in [-0.2, -0.15) is 18.3 Å². The number of aromatic carboxylic acids is 1. The number of anilines is 2. The van der Waals surface area contributed by atoms with Crippen molar-refractivity contribution in [2.75, 3.05) is 38.0 Å². The second-order valence-electron chi connectivity index (χ2n) is 25.3. The molecule has 7 aromatic rings. The molecule has 0 unspecified atom stereocenters. The Labute approximate surface area is 550 Å². The fourth-order valence-corrected chi connectivity index (χ4v) is 13.2. The number of hydrogen-bond donors (Lipinski definition) is 5. The minimum absolute atomic E-state index is 0.0245. The molecule has 1 amide bonds. The Morgan fingerprint density at radius 1 is 0.695 bits per heavy atom. The molecule has 0 saturated heterocycles. The molecule has 5 N–H and O–H groups in total. The van der Waals surface area contributed by atoms with Crippen molar-refractivity contribution >= 4 is 67.5 Å². The molecule has 18 nitrogen and oxygen atoms in total. The molecule has 0 saturated carbocycles. The Kier molecular flexibility index (Phi) is 18.7. The number of fused-ring (bicyclic) bond motifs is 4. The molecule has 0 atom stereocenters. The largest absolute Gasteiger partial charge is 0.478 e. The predicted molar refractivity (Wildman–Crippen MR) is 365 cm³/mol. The van der Waals surface area contributed by atoms with Crippen molar-refractivity contribution in [1.82, 2.24) is 9.89 Å². The first-order valence-corrected chi connectivity index (χ1v) is 32.3. The van der Waals surface area contributed by atoms with Gasteiger partial charge < -0.3 is 24.6 Å². The van der Waals surface area contributed by atoms with Crippen molar-refractivity contribution in [3.8, 4) is 22.5 Å². The van der Waals surface area contributed by atoms with E-state index in [-0.39, 0.29) is 47.3 Å². The Balaban J connectivity index is 0.759. The van der Waals surface area contributed by atoms with E-state index in [9.17, 15) is 47.8 Å². The van der Waals surface area contributed by atoms with Gasteiger partial charge in [-0.05, 0) is 133 Å². The first kappa shape index (κ1) is 66.1. The minimum atomic E-state index is -4.50. The van der Waals surface area contributed by atoms with Gasteiger partial charge in [-0.25, -0.2) is 19.1 Å². The third-order valence-electron chi connectivity index (χ3n) is 18.0. The molecule has 11 rings (SSSR count). The molecule has 1 aliphatic carbocycles. The van der Waals surface area contributed by atoms with E-state index in [0.29, 0.717) is 53.1 Å². The van der Waals surface area contributed by atoms with Crippen molar-refractivity contribution in [3.05, 3.63) is 266 Å². The summed E-state index contributed by atoms with van der Waals surface area (Å²) in [6.45, 7) is 8.84. The number of amides is 1. The molecule has 4 aliphatic rings. The quantitative estimate of drug-likeness (QED) is 0.00855. The third kappa shape index (κ3) is 13.7. The summed E-state index contributed by atoms with van der Waals surface area (Å²) in [4.78, 5) is 64.5. The highest BCUT2D eigenvalue weighted by Gasteiger charge is 2.45. The number of Topliss-reactive ketones (excluding diaryl/α,β-unsaturated/α-hetero) is 1. The molecule has 0 fully saturated rings. The number of nitrogens with zero attached hydrogens (tertiary/aromatic N) is 4. The monoisotopic (exact) mass is 1300 g/mol. The van der Waals surface area contributed by atoms with Crippen LogP contribution in [0.4, 0.5) is 17.1 Å². The SMILES string of the molecule is CN(C)c1ccc2c(-c3ccc(C(=O)NCc4ccc(CCC(=O)c5ccc(CN6\C(=C/C=C/C=C/C7=[N+](Cc8ccc(C(=O)O)cc8)c8ccc(S(=O)(=O)O)cc8C7(C)C)C(C)(C)c7cc(C(=O)OO)ccc76)cc5)cc4)cc3COO)c3ccc(=[N+](C)C)cc-3oc2c1. The van der Waals surface area contributed by atoms with Gasteiger partial charge >= 0.3 is 11.9 Å². The minimum Gasteiger partial charge on any atom is -0.478 e. The predicted octanol–water partition coefficient (Wildman–Crippen LogP) is 13.2. The molecule has 3 heterocycles. The van der Waals surface area contributed by atoms with E-state index in [1.165, 1.54) is 24.3 Å². The Morgan fingerprint density at radius 2 is 1.37 bits per heavy atom. The molecular weight excluding hydrogens is 1220 g/mol. The Hall–Kier alpha value is -10.4. The fraction of sp³-hybridized carbons (Fsp3) is 0.211. The summed E-state index contributed by atoms with van der Waals surface area (Å²) in [6, 6.07) is 49.0. The van der Waals surface area contributed by atoms with Gasteiger partial charge in [0.15, 0.2) is 18.0 Å². The topological polar surface area (TPSA) is 239 Å². The van der Waals surface area contributed by atoms with Crippen molar-refractivity contribution in [2.45, 2.75) is 82.5 Å². The molecule has 19 heteroatoms. The summed E-state index contributed by atoms with van der Waals surface area (Å²) in [6.07, 6.45) is 10.4. The number of carbonyl (C=O) groups is 4. The van der Waals surface area contributed by atoms with Crippen molar-refractivity contribution in [3.63, 3.8) is 0 Å². The zero-order valence-electron chi connectivity index (χ0n) is 53.9. The standard InChI is InChI=1S/C76H71N5O13S/c1-75(2)62-39-54(74(86)94-88)28-35-64(62)80(69(75)12-10-9-11-13-70-76(3,4)63-42-58(95(89,90)91)31-36-65(63)81(70)45-50-20-25-52(26-21-50)73(84)85)44-49-18-23-51(24-19-49)66(82)37-22-47-14-16-48(17-15-47)43-77-72(83)53-27-32-59(55(38-53)46-92-87)71-60-33-29-56(78(5)6)40-67(60)93-68-41-57(79(7)8)30-34-61(68)71/h9-21,23-36,38-42H,22,37,43-46H2,1-8H3,(H3-2,77,83,84,85,87,88,89,90,91)/p+2. The van der Waals surface area contributed by atoms with Gasteiger partial charge in [-0.1, -0.05) is 98.8 Å². The van der Waals surface area contributed by atoms with Gasteiger partial charge in [0.1, 0.15) is 32.0 Å². The summed E-state index contributed by atoms with van der Waals surface area (Å²) in [5.74, 6) is -1.58. The number of carbonyl (C=O) groups excluding carboxylic acids is 3. The van der Waals surface area contributed by atoms with E-state index in [1.54, 1.807) is 42.5 Å². The summed E-state index contributed by atoms with van der Waals surface area (Å²) in [5, 5.41) is 33.5. The number of ketones is 1. The second kappa shape index (κ2) is 26.9. The maximum absolute atomic E-state index is 13.8. The summed E-state index contributed by atoms with van der Waals surface area (Å²) in [7, 11) is 3.38. The normalized spacial score (nSPS) is 14.5. The van der Waals surface area contributed by atoms with Crippen LogP contribution in [0.1, 0.15) is 114 Å². The maximum Gasteiger partial charge on any atom is 0.372 e. The fourth-order valence-electron chi connectivity index (χ4n) is 12.7. The first-order valence-electron chi connectivity index (χ1n) is 30.8. The average Bonchev–Trinajstić information content (AvgIpc) is 1.72. The van der Waals surface area contributed by atoms with Gasteiger partial charge in [0.05, 0.1) is 27.5 Å². The molecule has 0 aromatic heterocycles. The number of carboxylic acid groups (broad SMARTS) is 1. The number of allylic oxidation sites excluding steroid dienone is 6. The second-order valence-corrected chi connectivity index (χ2v) is 26.7. The van der Waals surface area contributed by atoms with Gasteiger partial charge in [0, 0.05) is 119 Å². The van der Waals surface area contributed by atoms with Gasteiger partial charge in [0.2, 0.25) is 11.0 Å². The van der Waals surface area contributed by atoms with Crippen LogP contribution >= 0.6 is 0 Å². The van der Waals surface area contributed by atoms with Crippen LogP contribution in [0.25, 0.3) is 33.4 Å². The molecule has 0 radical (unpaired) electrons. The lowest BCUT2D eigenvalue weighted by molar-refractivity contribution is -0.455. The molecule has 0 spiro atoms. The van der Waals surface area contributed by atoms with Crippen molar-refractivity contribution in [1.29, 1.82) is 0 Å². The van der Waals surface area contributed by atoms with E-state index in [0.717, 1.165) is 83.7 Å². The van der Waals surface area contributed by atoms with Crippen LogP contribution in [-0.2, 0) is 63.4 Å². The highest BCUT2D eigenvalue weighted by molar-refractivity contribution is 7.85. The lowest BCUT2D eigenvalue weighted by Crippen LogP contribution is -2.27. The number of carboxylic acids is 1. The highest BCUT2D eigenvalue weighted by atomic mass is 32.2. The lowest BCUT2D eigenvalue weighted by Gasteiger charge is -2.27. The van der Waals surface area contributed by atoms with E-state index in [1.807, 2.05) is 197 Å². The van der Waals surface area contributed by atoms with Crippen LogP contribution in [0, 0.1) is 0 Å². The van der Waals surface area contributed by atoms with Gasteiger partial charge in [-0.15, -0.1) is 0 Å². The average molecular weight is 1300 g/mol. The molecule has 484 valence electrons. The highest BCUT2D eigenvalue weighted by Crippen LogP contribution is 2.49. The van der Waals surface area contributed by atoms with Gasteiger partial charge in [0.25, 0.3) is 16.0 Å². The Bertz CT molecular complexity index is 4820. The smallest absolute Gasteiger partial charge is 0.372 e. The van der Waals surface area contributed by atoms with E-state index in [4.69, 9.17) is 9.30 Å². The van der Waals surface area contributed by atoms with E-state index >= 15 is 0 Å². The summed E-state index contributed by atoms with van der Waals surface area (Å²) >= 11 is 0. The summed E-state index contributed by atoms with van der Waals surface area (Å²) < 4.78 is 45.1. The number of rotatable bonds is 21. The van der Waals surface area contributed by atoms with Crippen LogP contribution in [0.15, 0.2) is 209 Å². The molecule has 95 heavy (non-hydrogen) atoms. The van der Waals surface area contributed by atoms with Crippen LogP contribution in [0.2, 0.25) is 0 Å². The van der Waals surface area contributed by atoms with E-state index in [2.05, 4.69) is 15.1 Å². The molecule has 7 aromatic carbocycles. The number of aryl methyl sites for hydroxylation is 1. The lowest BCUT2D eigenvalue weighted by atomic mass is 9.81. The zero-order valence-corrected chi connectivity index (χ0v) is 54.7. The van der Waals surface area contributed by atoms with Crippen LogP contribution in [0.5, 0.6) is 0 Å². The number of benzene rings is 8. The van der Waals surface area contributed by atoms with Crippen LogP contribution in [0.3, 0.4) is 0 Å². The van der Waals surface area contributed by atoms with Gasteiger partial charge in [-0.3, -0.25) is 24.3 Å². The van der Waals surface area contributed by atoms with Crippen LogP contribution in [-0.4, -0.2) is 90.7 Å². The molecule has 3 aliphatic heterocycles. The number of hydrogen-bond acceptors (Lipinski definition) is 13. The molecule has 0 bridgehead atoms. The van der Waals surface area contributed by atoms with Crippen LogP contribution < -0.4 is 25.0 Å². The zero-order chi connectivity index (χ0) is 67.7. The van der Waals surface area contributed by atoms with Crippen molar-refractivity contribution in [2.24, 2.45) is 0 Å². The Morgan fingerprint density at radius 3 is 2.05 bits per heavy atom.